The number of morpholine rings is 1. The second-order valence-electron chi connectivity index (χ2n) is 8.18. The van der Waals surface area contributed by atoms with Crippen molar-refractivity contribution in [3.8, 4) is 11.5 Å². The minimum atomic E-state index is -3.87. The fourth-order valence-electron chi connectivity index (χ4n) is 3.75. The Labute approximate surface area is 222 Å². The van der Waals surface area contributed by atoms with E-state index in [1.54, 1.807) is 6.07 Å². The van der Waals surface area contributed by atoms with Crippen LogP contribution in [-0.4, -0.2) is 85.9 Å². The highest BCUT2D eigenvalue weighted by molar-refractivity contribution is 7.92. The molecule has 204 valence electrons. The van der Waals surface area contributed by atoms with Crippen molar-refractivity contribution < 1.29 is 35.8 Å². The Kier molecular flexibility index (Phi) is 9.64. The van der Waals surface area contributed by atoms with Gasteiger partial charge in [0.25, 0.3) is 0 Å². The molecule has 0 saturated carbocycles. The first kappa shape index (κ1) is 29.0. The molecule has 0 aliphatic carbocycles. The third-order valence-electron chi connectivity index (χ3n) is 5.57. The molecule has 1 fully saturated rings. The quantitative estimate of drug-likeness (QED) is 0.401. The Hall–Kier alpha value is -2.58. The van der Waals surface area contributed by atoms with Gasteiger partial charge in [-0.3, -0.25) is 9.10 Å². The lowest BCUT2D eigenvalue weighted by Crippen LogP contribution is -2.48. The van der Waals surface area contributed by atoms with Gasteiger partial charge in [-0.05, 0) is 49.4 Å². The van der Waals surface area contributed by atoms with Gasteiger partial charge in [-0.1, -0.05) is 11.6 Å². The minimum Gasteiger partial charge on any atom is -0.495 e. The van der Waals surface area contributed by atoms with E-state index in [0.29, 0.717) is 32.1 Å². The number of nitrogens with zero attached hydrogens (tertiary/aromatic N) is 2. The number of benzene rings is 2. The fourth-order valence-corrected chi connectivity index (χ4v) is 6.50. The third kappa shape index (κ3) is 7.26. The zero-order valence-electron chi connectivity index (χ0n) is 20.7. The molecule has 1 amide bonds. The van der Waals surface area contributed by atoms with Crippen LogP contribution in [0.1, 0.15) is 6.92 Å². The zero-order chi connectivity index (χ0) is 27.2. The van der Waals surface area contributed by atoms with Crippen LogP contribution in [0.4, 0.5) is 5.69 Å². The van der Waals surface area contributed by atoms with Crippen LogP contribution < -0.4 is 19.1 Å². The van der Waals surface area contributed by atoms with Crippen LogP contribution in [-0.2, 0) is 29.6 Å². The summed E-state index contributed by atoms with van der Waals surface area (Å²) in [7, 11) is -6.08. The summed E-state index contributed by atoms with van der Waals surface area (Å²) >= 11 is 6.05. The van der Waals surface area contributed by atoms with Crippen LogP contribution in [0.5, 0.6) is 11.5 Å². The van der Waals surface area contributed by atoms with Crippen molar-refractivity contribution in [1.29, 1.82) is 0 Å². The van der Waals surface area contributed by atoms with Crippen molar-refractivity contribution in [3.05, 3.63) is 47.5 Å². The summed E-state index contributed by atoms with van der Waals surface area (Å²) in [6.07, 6.45) is 0.989. The van der Waals surface area contributed by atoms with E-state index >= 15 is 0 Å². The number of anilines is 1. The summed E-state index contributed by atoms with van der Waals surface area (Å²) in [6, 6.07) is 9.38. The number of methoxy groups -OCH3 is 1. The van der Waals surface area contributed by atoms with Crippen molar-refractivity contribution in [1.82, 2.24) is 9.62 Å². The van der Waals surface area contributed by atoms with E-state index in [0.717, 1.165) is 10.6 Å². The van der Waals surface area contributed by atoms with E-state index in [4.69, 9.17) is 25.8 Å². The number of halogens is 1. The summed E-state index contributed by atoms with van der Waals surface area (Å²) in [4.78, 5) is 12.9. The second-order valence-corrected chi connectivity index (χ2v) is 12.4. The molecule has 1 aliphatic heterocycles. The lowest BCUT2D eigenvalue weighted by Gasteiger charge is -2.29. The van der Waals surface area contributed by atoms with E-state index in [2.05, 4.69) is 5.32 Å². The standard InChI is InChI=1S/C23H30ClN3O8S2/c1-17(27(36(3,29)30)21-16-18(24)4-9-22(21)33-2)23(28)25-10-13-35-19-5-7-20(8-6-19)37(31,32)26-11-14-34-15-12-26/h4-9,16-17H,10-15H2,1-3H3,(H,25,28). The maximum atomic E-state index is 12.8. The van der Waals surface area contributed by atoms with Gasteiger partial charge in [0.1, 0.15) is 24.1 Å². The molecule has 37 heavy (non-hydrogen) atoms. The predicted octanol–water partition coefficient (Wildman–Crippen LogP) is 1.72. The topological polar surface area (TPSA) is 132 Å². The van der Waals surface area contributed by atoms with E-state index in [1.165, 1.54) is 54.7 Å². The normalized spacial score (nSPS) is 15.6. The first-order valence-electron chi connectivity index (χ1n) is 11.4. The van der Waals surface area contributed by atoms with Crippen LogP contribution in [0.3, 0.4) is 0 Å². The Morgan fingerprint density at radius 1 is 1.14 bits per heavy atom. The van der Waals surface area contributed by atoms with Gasteiger partial charge < -0.3 is 19.5 Å². The summed E-state index contributed by atoms with van der Waals surface area (Å²) < 4.78 is 68.9. The molecule has 1 saturated heterocycles. The molecule has 0 radical (unpaired) electrons. The first-order valence-corrected chi connectivity index (χ1v) is 15.0. The molecule has 1 aliphatic rings. The van der Waals surface area contributed by atoms with Crippen LogP contribution >= 0.6 is 11.6 Å². The SMILES string of the molecule is COc1ccc(Cl)cc1N(C(C)C(=O)NCCOc1ccc(S(=O)(=O)N2CCOCC2)cc1)S(C)(=O)=O. The molecule has 14 heteroatoms. The minimum absolute atomic E-state index is 0.0768. The summed E-state index contributed by atoms with van der Waals surface area (Å²) in [5.41, 5.74) is 0.142. The highest BCUT2D eigenvalue weighted by Gasteiger charge is 2.31. The smallest absolute Gasteiger partial charge is 0.243 e. The third-order valence-corrected chi connectivity index (χ3v) is 8.94. The van der Waals surface area contributed by atoms with Crippen LogP contribution in [0.15, 0.2) is 47.4 Å². The Balaban J connectivity index is 1.58. The molecule has 11 nitrogen and oxygen atoms in total. The molecular weight excluding hydrogens is 546 g/mol. The number of nitrogens with one attached hydrogen (secondary N) is 1. The van der Waals surface area contributed by atoms with Gasteiger partial charge in [0.05, 0.1) is 43.7 Å². The number of amides is 1. The Bertz CT molecular complexity index is 1300. The molecule has 1 heterocycles. The van der Waals surface area contributed by atoms with Crippen LogP contribution in [0.25, 0.3) is 0 Å². The van der Waals surface area contributed by atoms with E-state index in [-0.39, 0.29) is 34.5 Å². The van der Waals surface area contributed by atoms with E-state index in [1.807, 2.05) is 0 Å². The second kappa shape index (κ2) is 12.3. The Morgan fingerprint density at radius 3 is 2.38 bits per heavy atom. The van der Waals surface area contributed by atoms with Gasteiger partial charge in [0.15, 0.2) is 0 Å². The molecule has 2 aromatic carbocycles. The molecule has 2 aromatic rings. The number of hydrogen-bond acceptors (Lipinski definition) is 8. The van der Waals surface area contributed by atoms with Gasteiger partial charge in [0.2, 0.25) is 26.0 Å². The number of ether oxygens (including phenoxy) is 3. The molecule has 0 aromatic heterocycles. The maximum absolute atomic E-state index is 12.8. The largest absolute Gasteiger partial charge is 0.495 e. The lowest BCUT2D eigenvalue weighted by molar-refractivity contribution is -0.121. The summed E-state index contributed by atoms with van der Waals surface area (Å²) in [5.74, 6) is 0.115. The molecule has 1 atom stereocenters. The van der Waals surface area contributed by atoms with Gasteiger partial charge >= 0.3 is 0 Å². The monoisotopic (exact) mass is 575 g/mol. The van der Waals surface area contributed by atoms with Gasteiger partial charge in [-0.25, -0.2) is 16.8 Å². The Morgan fingerprint density at radius 2 is 1.78 bits per heavy atom. The van der Waals surface area contributed by atoms with Crippen molar-refractivity contribution in [2.45, 2.75) is 17.9 Å². The summed E-state index contributed by atoms with van der Waals surface area (Å²) in [5, 5.41) is 2.93. The number of sulfonamides is 2. The fraction of sp³-hybridized carbons (Fsp3) is 0.435. The van der Waals surface area contributed by atoms with Gasteiger partial charge in [0, 0.05) is 18.1 Å². The van der Waals surface area contributed by atoms with Crippen LogP contribution in [0, 0.1) is 0 Å². The van der Waals surface area contributed by atoms with Crippen molar-refractivity contribution in [3.63, 3.8) is 0 Å². The van der Waals surface area contributed by atoms with Crippen molar-refractivity contribution in [2.75, 3.05) is 57.1 Å². The van der Waals surface area contributed by atoms with Crippen LogP contribution in [0.2, 0.25) is 5.02 Å². The average Bonchev–Trinajstić information content (AvgIpc) is 2.86. The molecule has 0 bridgehead atoms. The van der Waals surface area contributed by atoms with Crippen molar-refractivity contribution in [2.24, 2.45) is 0 Å². The molecule has 3 rings (SSSR count). The number of rotatable bonds is 11. The molecule has 1 N–H and O–H groups in total. The zero-order valence-corrected chi connectivity index (χ0v) is 23.1. The highest BCUT2D eigenvalue weighted by Crippen LogP contribution is 2.34. The highest BCUT2D eigenvalue weighted by atomic mass is 35.5. The summed E-state index contributed by atoms with van der Waals surface area (Å²) in [6.45, 7) is 2.94. The predicted molar refractivity (Wildman–Crippen MR) is 139 cm³/mol. The number of carbonyl (C=O) groups is 1. The maximum Gasteiger partial charge on any atom is 0.243 e. The number of hydrogen-bond donors (Lipinski definition) is 1. The lowest BCUT2D eigenvalue weighted by atomic mass is 10.2. The molecule has 1 unspecified atom stereocenters. The first-order chi connectivity index (χ1) is 17.4. The molecular formula is C23H30ClN3O8S2. The van der Waals surface area contributed by atoms with E-state index in [9.17, 15) is 21.6 Å². The van der Waals surface area contributed by atoms with Gasteiger partial charge in [-0.2, -0.15) is 4.31 Å². The van der Waals surface area contributed by atoms with E-state index < -0.39 is 32.0 Å². The number of carbonyl (C=O) groups excluding carboxylic acids is 1. The molecule has 0 spiro atoms. The van der Waals surface area contributed by atoms with Gasteiger partial charge in [-0.15, -0.1) is 0 Å². The van der Waals surface area contributed by atoms with Crippen molar-refractivity contribution >= 4 is 43.2 Å². The average molecular weight is 576 g/mol.